The highest BCUT2D eigenvalue weighted by molar-refractivity contribution is 5.44. The molecular weight excluding hydrogens is 402 g/mol. The molecule has 1 N–H and O–H groups in total. The van der Waals surface area contributed by atoms with Crippen LogP contribution < -0.4 is 14.2 Å². The quantitative estimate of drug-likeness (QED) is 0.464. The summed E-state index contributed by atoms with van der Waals surface area (Å²) in [4.78, 5) is 4.06. The number of rotatable bonds is 6. The second-order valence-electron chi connectivity index (χ2n) is 7.62. The van der Waals surface area contributed by atoms with Gasteiger partial charge in [0.05, 0.1) is 6.20 Å². The molecule has 0 saturated heterocycles. The third-order valence-corrected chi connectivity index (χ3v) is 5.44. The van der Waals surface area contributed by atoms with Crippen molar-refractivity contribution in [3.05, 3.63) is 120 Å². The van der Waals surface area contributed by atoms with Gasteiger partial charge in [0.25, 0.3) is 0 Å². The van der Waals surface area contributed by atoms with Crippen molar-refractivity contribution in [2.24, 2.45) is 0 Å². The zero-order valence-electron chi connectivity index (χ0n) is 17.4. The number of aliphatic hydroxyl groups excluding tert-OH is 1. The van der Waals surface area contributed by atoms with Crippen LogP contribution in [-0.4, -0.2) is 22.8 Å². The molecule has 0 radical (unpaired) electrons. The second-order valence-corrected chi connectivity index (χ2v) is 7.62. The molecule has 32 heavy (non-hydrogen) atoms. The number of fused-ring (bicyclic) bond motifs is 1. The van der Waals surface area contributed by atoms with Crippen LogP contribution in [0.1, 0.15) is 28.9 Å². The molecule has 3 aromatic carbocycles. The molecule has 0 saturated carbocycles. The van der Waals surface area contributed by atoms with Crippen LogP contribution in [0.3, 0.4) is 0 Å². The van der Waals surface area contributed by atoms with Crippen molar-refractivity contribution >= 4 is 0 Å². The van der Waals surface area contributed by atoms with Gasteiger partial charge in [0.15, 0.2) is 6.10 Å². The van der Waals surface area contributed by atoms with Crippen molar-refractivity contribution in [1.82, 2.24) is 4.98 Å². The van der Waals surface area contributed by atoms with Crippen LogP contribution >= 0.6 is 0 Å². The summed E-state index contributed by atoms with van der Waals surface area (Å²) in [6.45, 7) is 0.250. The maximum Gasteiger partial charge on any atom is 0.163 e. The molecule has 0 aliphatic carbocycles. The van der Waals surface area contributed by atoms with Crippen molar-refractivity contribution in [1.29, 1.82) is 0 Å². The predicted molar refractivity (Wildman–Crippen MR) is 121 cm³/mol. The van der Waals surface area contributed by atoms with Gasteiger partial charge in [0.2, 0.25) is 0 Å². The first-order chi connectivity index (χ1) is 15.8. The summed E-state index contributed by atoms with van der Waals surface area (Å²) in [5, 5.41) is 11.0. The summed E-state index contributed by atoms with van der Waals surface area (Å²) in [6, 6.07) is 29.3. The average Bonchev–Trinajstić information content (AvgIpc) is 2.86. The van der Waals surface area contributed by atoms with Gasteiger partial charge in [-0.2, -0.15) is 0 Å². The standard InChI is InChI=1S/C27H23NO4/c29-26-23-16-21(13-14-24(23)30-18-25(26)31-22-12-7-15-28-17-22)32-27(19-8-3-1-4-9-19)20-10-5-2-6-11-20/h1-17,25-27,29H,18H2. The smallest absolute Gasteiger partial charge is 0.163 e. The largest absolute Gasteiger partial charge is 0.489 e. The molecule has 0 bridgehead atoms. The maximum atomic E-state index is 11.0. The molecule has 1 aromatic heterocycles. The van der Waals surface area contributed by atoms with E-state index in [0.717, 1.165) is 11.1 Å². The van der Waals surface area contributed by atoms with Crippen LogP contribution in [0.4, 0.5) is 0 Å². The topological polar surface area (TPSA) is 60.8 Å². The number of hydrogen-bond acceptors (Lipinski definition) is 5. The lowest BCUT2D eigenvalue weighted by molar-refractivity contribution is -0.0106. The first-order valence-electron chi connectivity index (χ1n) is 10.6. The van der Waals surface area contributed by atoms with Gasteiger partial charge in [-0.25, -0.2) is 0 Å². The van der Waals surface area contributed by atoms with Crippen molar-refractivity contribution < 1.29 is 19.3 Å². The number of benzene rings is 3. The van der Waals surface area contributed by atoms with E-state index in [1.165, 1.54) is 0 Å². The molecule has 5 nitrogen and oxygen atoms in total. The minimum atomic E-state index is -0.852. The van der Waals surface area contributed by atoms with E-state index in [1.54, 1.807) is 24.5 Å². The Morgan fingerprint density at radius 1 is 0.844 bits per heavy atom. The van der Waals surface area contributed by atoms with Crippen LogP contribution in [0.5, 0.6) is 17.2 Å². The highest BCUT2D eigenvalue weighted by Crippen LogP contribution is 2.38. The minimum Gasteiger partial charge on any atom is -0.489 e. The van der Waals surface area contributed by atoms with E-state index in [9.17, 15) is 5.11 Å². The van der Waals surface area contributed by atoms with E-state index in [4.69, 9.17) is 14.2 Å². The van der Waals surface area contributed by atoms with E-state index in [-0.39, 0.29) is 12.7 Å². The molecule has 2 atom stereocenters. The number of hydrogen-bond donors (Lipinski definition) is 1. The number of pyridine rings is 1. The first-order valence-corrected chi connectivity index (χ1v) is 10.6. The molecule has 0 amide bonds. The van der Waals surface area contributed by atoms with Crippen LogP contribution in [-0.2, 0) is 0 Å². The van der Waals surface area contributed by atoms with Gasteiger partial charge < -0.3 is 19.3 Å². The fraction of sp³-hybridized carbons (Fsp3) is 0.148. The SMILES string of the molecule is OC1c2cc(OC(c3ccccc3)c3ccccc3)ccc2OCC1Oc1cccnc1. The fourth-order valence-electron chi connectivity index (χ4n) is 3.84. The second kappa shape index (κ2) is 9.12. The summed E-state index contributed by atoms with van der Waals surface area (Å²) < 4.78 is 18.2. The molecule has 1 aliphatic heterocycles. The summed E-state index contributed by atoms with van der Waals surface area (Å²) >= 11 is 0. The van der Waals surface area contributed by atoms with Crippen molar-refractivity contribution in [3.63, 3.8) is 0 Å². The Hall–Kier alpha value is -3.83. The molecule has 0 fully saturated rings. The van der Waals surface area contributed by atoms with Crippen molar-refractivity contribution in [2.75, 3.05) is 6.61 Å². The molecule has 5 heteroatoms. The van der Waals surface area contributed by atoms with Crippen molar-refractivity contribution in [3.8, 4) is 17.2 Å². The van der Waals surface area contributed by atoms with E-state index < -0.39 is 12.2 Å². The van der Waals surface area contributed by atoms with E-state index >= 15 is 0 Å². The molecule has 4 aromatic rings. The molecule has 2 unspecified atom stereocenters. The van der Waals surface area contributed by atoms with E-state index in [1.807, 2.05) is 78.9 Å². The summed E-state index contributed by atoms with van der Waals surface area (Å²) in [6.07, 6.45) is 1.62. The Labute approximate surface area is 186 Å². The van der Waals surface area contributed by atoms with Gasteiger partial charge in [-0.1, -0.05) is 60.7 Å². The Morgan fingerprint density at radius 3 is 2.22 bits per heavy atom. The van der Waals surface area contributed by atoms with Gasteiger partial charge in [-0.3, -0.25) is 4.98 Å². The van der Waals surface area contributed by atoms with Gasteiger partial charge in [-0.05, 0) is 41.5 Å². The van der Waals surface area contributed by atoms with Crippen LogP contribution in [0.25, 0.3) is 0 Å². The van der Waals surface area contributed by atoms with Gasteiger partial charge >= 0.3 is 0 Å². The average molecular weight is 425 g/mol. The van der Waals surface area contributed by atoms with Gasteiger partial charge in [0, 0.05) is 11.8 Å². The molecular formula is C27H23NO4. The zero-order chi connectivity index (χ0) is 21.8. The number of nitrogens with zero attached hydrogens (tertiary/aromatic N) is 1. The Morgan fingerprint density at radius 2 is 1.56 bits per heavy atom. The molecule has 0 spiro atoms. The number of ether oxygens (including phenoxy) is 3. The van der Waals surface area contributed by atoms with Crippen LogP contribution in [0.2, 0.25) is 0 Å². The lowest BCUT2D eigenvalue weighted by atomic mass is 9.99. The lowest BCUT2D eigenvalue weighted by Gasteiger charge is -2.31. The van der Waals surface area contributed by atoms with Crippen LogP contribution in [0.15, 0.2) is 103 Å². The molecule has 1 aliphatic rings. The number of aromatic nitrogens is 1. The highest BCUT2D eigenvalue weighted by Gasteiger charge is 2.32. The fourth-order valence-corrected chi connectivity index (χ4v) is 3.84. The van der Waals surface area contributed by atoms with E-state index in [0.29, 0.717) is 22.8 Å². The normalized spacial score (nSPS) is 17.3. The van der Waals surface area contributed by atoms with Crippen LogP contribution in [0, 0.1) is 0 Å². The highest BCUT2D eigenvalue weighted by atomic mass is 16.5. The third kappa shape index (κ3) is 4.29. The molecule has 2 heterocycles. The Balaban J connectivity index is 1.41. The Bertz CT molecular complexity index is 1110. The monoisotopic (exact) mass is 425 g/mol. The van der Waals surface area contributed by atoms with E-state index in [2.05, 4.69) is 4.98 Å². The first kappa shape index (κ1) is 20.1. The summed E-state index contributed by atoms with van der Waals surface area (Å²) in [7, 11) is 0. The summed E-state index contributed by atoms with van der Waals surface area (Å²) in [5.41, 5.74) is 2.74. The van der Waals surface area contributed by atoms with Gasteiger partial charge in [0.1, 0.15) is 36.1 Å². The summed E-state index contributed by atoms with van der Waals surface area (Å²) in [5.74, 6) is 1.86. The Kier molecular flexibility index (Phi) is 5.73. The molecule has 160 valence electrons. The van der Waals surface area contributed by atoms with Gasteiger partial charge in [-0.15, -0.1) is 0 Å². The number of aliphatic hydroxyl groups is 1. The zero-order valence-corrected chi connectivity index (χ0v) is 17.4. The third-order valence-electron chi connectivity index (χ3n) is 5.44. The molecule has 5 rings (SSSR count). The lowest BCUT2D eigenvalue weighted by Crippen LogP contribution is -2.35. The predicted octanol–water partition coefficient (Wildman–Crippen LogP) is 5.12. The van der Waals surface area contributed by atoms with Crippen molar-refractivity contribution in [2.45, 2.75) is 18.3 Å². The maximum absolute atomic E-state index is 11.0. The minimum absolute atomic E-state index is 0.250.